The summed E-state index contributed by atoms with van der Waals surface area (Å²) in [5.41, 5.74) is 2.35. The van der Waals surface area contributed by atoms with Crippen molar-refractivity contribution in [2.24, 2.45) is 13.0 Å². The third kappa shape index (κ3) is 5.78. The number of carbonyl (C=O) groups excluding carboxylic acids is 1. The van der Waals surface area contributed by atoms with E-state index >= 15 is 0 Å². The second kappa shape index (κ2) is 10.3. The van der Waals surface area contributed by atoms with Gasteiger partial charge < -0.3 is 14.6 Å². The predicted octanol–water partition coefficient (Wildman–Crippen LogP) is 4.61. The highest BCUT2D eigenvalue weighted by Crippen LogP contribution is 2.28. The molecule has 2 atom stereocenters. The Morgan fingerprint density at radius 3 is 2.80 bits per heavy atom. The van der Waals surface area contributed by atoms with E-state index in [4.69, 9.17) is 4.74 Å². The minimum absolute atomic E-state index is 0.0703. The van der Waals surface area contributed by atoms with Gasteiger partial charge >= 0.3 is 0 Å². The molecule has 1 heterocycles. The maximum Gasteiger partial charge on any atom is 0.230 e. The van der Waals surface area contributed by atoms with E-state index in [1.807, 2.05) is 11.6 Å². The van der Waals surface area contributed by atoms with Gasteiger partial charge in [-0.2, -0.15) is 0 Å². The molecule has 0 bridgehead atoms. The first-order valence-corrected chi connectivity index (χ1v) is 11.9. The summed E-state index contributed by atoms with van der Waals surface area (Å²) in [6, 6.07) is 6.61. The van der Waals surface area contributed by atoms with Crippen molar-refractivity contribution in [1.82, 2.24) is 20.1 Å². The number of amides is 1. The van der Waals surface area contributed by atoms with Gasteiger partial charge in [0.2, 0.25) is 5.91 Å². The summed E-state index contributed by atoms with van der Waals surface area (Å²) in [7, 11) is 1.92. The molecule has 1 aliphatic rings. The molecule has 0 spiro atoms. The molecule has 0 radical (unpaired) electrons. The van der Waals surface area contributed by atoms with Crippen molar-refractivity contribution in [3.05, 3.63) is 35.2 Å². The molecule has 6 nitrogen and oxygen atoms in total. The van der Waals surface area contributed by atoms with Crippen LogP contribution in [0.15, 0.2) is 23.4 Å². The van der Waals surface area contributed by atoms with E-state index in [0.29, 0.717) is 30.2 Å². The van der Waals surface area contributed by atoms with Crippen molar-refractivity contribution in [1.29, 1.82) is 0 Å². The fourth-order valence-electron chi connectivity index (χ4n) is 3.89. The summed E-state index contributed by atoms with van der Waals surface area (Å²) in [4.78, 5) is 12.4. The second-order valence-corrected chi connectivity index (χ2v) is 9.61. The highest BCUT2D eigenvalue weighted by atomic mass is 32.2. The molecule has 30 heavy (non-hydrogen) atoms. The van der Waals surface area contributed by atoms with Crippen molar-refractivity contribution < 1.29 is 9.53 Å². The van der Waals surface area contributed by atoms with Gasteiger partial charge in [-0.05, 0) is 48.8 Å². The molecule has 0 saturated heterocycles. The normalized spacial score (nSPS) is 19.1. The third-order valence-corrected chi connectivity index (χ3v) is 6.88. The van der Waals surface area contributed by atoms with Crippen LogP contribution < -0.4 is 10.1 Å². The van der Waals surface area contributed by atoms with Crippen LogP contribution in [-0.2, 0) is 18.4 Å². The summed E-state index contributed by atoms with van der Waals surface area (Å²) in [5, 5.41) is 12.4. The van der Waals surface area contributed by atoms with Crippen LogP contribution >= 0.6 is 11.8 Å². The number of aromatic nitrogens is 3. The van der Waals surface area contributed by atoms with Gasteiger partial charge in [0, 0.05) is 13.1 Å². The van der Waals surface area contributed by atoms with E-state index in [9.17, 15) is 4.79 Å². The van der Waals surface area contributed by atoms with Crippen LogP contribution in [0, 0.1) is 12.8 Å². The van der Waals surface area contributed by atoms with Crippen LogP contribution in [0.5, 0.6) is 5.75 Å². The standard InChI is InChI=1S/C23H34N4O2S/c1-15(2)18-11-10-16(3)12-20(18)29-13-21-25-26-23(27(21)5)30-14-22(28)24-19-9-7-6-8-17(19)4/h10-12,15,17,19H,6-9,13-14H2,1-5H3,(H,24,28)/t17-,19+/m0/s1. The molecule has 0 aliphatic heterocycles. The first kappa shape index (κ1) is 22.7. The number of hydrogen-bond acceptors (Lipinski definition) is 5. The quantitative estimate of drug-likeness (QED) is 0.619. The Balaban J connectivity index is 1.55. The fourth-order valence-corrected chi connectivity index (χ4v) is 4.63. The monoisotopic (exact) mass is 430 g/mol. The van der Waals surface area contributed by atoms with E-state index in [2.05, 4.69) is 61.4 Å². The Bertz CT molecular complexity index is 865. The molecular formula is C23H34N4O2S. The van der Waals surface area contributed by atoms with Crippen molar-refractivity contribution in [2.75, 3.05) is 5.75 Å². The number of carbonyl (C=O) groups is 1. The van der Waals surface area contributed by atoms with Crippen molar-refractivity contribution in [3.63, 3.8) is 0 Å². The van der Waals surface area contributed by atoms with Gasteiger partial charge in [-0.1, -0.05) is 57.5 Å². The number of hydrogen-bond donors (Lipinski definition) is 1. The van der Waals surface area contributed by atoms with Gasteiger partial charge in [-0.3, -0.25) is 4.79 Å². The van der Waals surface area contributed by atoms with Gasteiger partial charge in [-0.25, -0.2) is 0 Å². The van der Waals surface area contributed by atoms with E-state index in [1.54, 1.807) is 0 Å². The van der Waals surface area contributed by atoms with Crippen molar-refractivity contribution in [3.8, 4) is 5.75 Å². The molecule has 1 N–H and O–H groups in total. The molecule has 0 unspecified atom stereocenters. The van der Waals surface area contributed by atoms with E-state index in [0.717, 1.165) is 23.2 Å². The molecule has 1 saturated carbocycles. The lowest BCUT2D eigenvalue weighted by Gasteiger charge is -2.29. The SMILES string of the molecule is Cc1ccc(C(C)C)c(OCc2nnc(SCC(=O)N[C@@H]3CCCC[C@@H]3C)n2C)c1. The summed E-state index contributed by atoms with van der Waals surface area (Å²) < 4.78 is 7.99. The molecule has 1 fully saturated rings. The molecule has 7 heteroatoms. The lowest BCUT2D eigenvalue weighted by Crippen LogP contribution is -2.41. The highest BCUT2D eigenvalue weighted by molar-refractivity contribution is 7.99. The van der Waals surface area contributed by atoms with Gasteiger partial charge in [0.1, 0.15) is 12.4 Å². The zero-order valence-electron chi connectivity index (χ0n) is 18.8. The Labute approximate surface area is 184 Å². The zero-order valence-corrected chi connectivity index (χ0v) is 19.6. The molecule has 1 aromatic carbocycles. The van der Waals surface area contributed by atoms with E-state index in [-0.39, 0.29) is 5.91 Å². The second-order valence-electron chi connectivity index (χ2n) is 8.67. The highest BCUT2D eigenvalue weighted by Gasteiger charge is 2.23. The van der Waals surface area contributed by atoms with Gasteiger partial charge in [0.25, 0.3) is 0 Å². The smallest absolute Gasteiger partial charge is 0.230 e. The van der Waals surface area contributed by atoms with Crippen LogP contribution in [0.1, 0.15) is 69.3 Å². The average molecular weight is 431 g/mol. The number of ether oxygens (including phenoxy) is 1. The maximum atomic E-state index is 12.4. The van der Waals surface area contributed by atoms with Crippen LogP contribution in [0.3, 0.4) is 0 Å². The van der Waals surface area contributed by atoms with Crippen LogP contribution in [0.2, 0.25) is 0 Å². The Hall–Kier alpha value is -2.02. The lowest BCUT2D eigenvalue weighted by molar-refractivity contribution is -0.119. The number of aryl methyl sites for hydroxylation is 1. The van der Waals surface area contributed by atoms with Crippen LogP contribution in [0.4, 0.5) is 0 Å². The number of rotatable bonds is 8. The number of nitrogens with one attached hydrogen (secondary N) is 1. The number of benzene rings is 1. The minimum Gasteiger partial charge on any atom is -0.485 e. The topological polar surface area (TPSA) is 69.0 Å². The zero-order chi connectivity index (χ0) is 21.7. The average Bonchev–Trinajstić information content (AvgIpc) is 3.06. The van der Waals surface area contributed by atoms with Gasteiger partial charge in [-0.15, -0.1) is 10.2 Å². The van der Waals surface area contributed by atoms with Crippen LogP contribution in [-0.4, -0.2) is 32.5 Å². The van der Waals surface area contributed by atoms with E-state index < -0.39 is 0 Å². The summed E-state index contributed by atoms with van der Waals surface area (Å²) in [6.45, 7) is 8.96. The fraction of sp³-hybridized carbons (Fsp3) is 0.609. The van der Waals surface area contributed by atoms with Crippen LogP contribution in [0.25, 0.3) is 0 Å². The molecule has 1 aromatic heterocycles. The summed E-state index contributed by atoms with van der Waals surface area (Å²) in [6.07, 6.45) is 4.76. The third-order valence-electron chi connectivity index (χ3n) is 5.86. The lowest BCUT2D eigenvalue weighted by atomic mass is 9.86. The maximum absolute atomic E-state index is 12.4. The Kier molecular flexibility index (Phi) is 7.81. The van der Waals surface area contributed by atoms with E-state index in [1.165, 1.54) is 42.2 Å². The molecule has 164 valence electrons. The predicted molar refractivity (Wildman–Crippen MR) is 121 cm³/mol. The molecule has 1 amide bonds. The first-order chi connectivity index (χ1) is 14.3. The molecule has 3 rings (SSSR count). The largest absolute Gasteiger partial charge is 0.485 e. The first-order valence-electron chi connectivity index (χ1n) is 10.9. The molecule has 1 aliphatic carbocycles. The number of thioether (sulfide) groups is 1. The van der Waals surface area contributed by atoms with Gasteiger partial charge in [0.15, 0.2) is 11.0 Å². The summed E-state index contributed by atoms with van der Waals surface area (Å²) in [5.74, 6) is 3.00. The number of nitrogens with zero attached hydrogens (tertiary/aromatic N) is 3. The Morgan fingerprint density at radius 1 is 1.30 bits per heavy atom. The summed E-state index contributed by atoms with van der Waals surface area (Å²) >= 11 is 1.42. The van der Waals surface area contributed by atoms with Crippen molar-refractivity contribution in [2.45, 2.75) is 77.1 Å². The van der Waals surface area contributed by atoms with Gasteiger partial charge in [0.05, 0.1) is 5.75 Å². The molecule has 2 aromatic rings. The molecular weight excluding hydrogens is 396 g/mol. The minimum atomic E-state index is 0.0703. The van der Waals surface area contributed by atoms with Crippen molar-refractivity contribution >= 4 is 17.7 Å². The Morgan fingerprint density at radius 2 is 2.07 bits per heavy atom.